The molecule has 1 rings (SSSR count). The summed E-state index contributed by atoms with van der Waals surface area (Å²) in [4.78, 5) is 2.62. The minimum atomic E-state index is 0.641. The highest BCUT2D eigenvalue weighted by Crippen LogP contribution is 2.38. The summed E-state index contributed by atoms with van der Waals surface area (Å²) in [6.45, 7) is 10.4. The van der Waals surface area contributed by atoms with Crippen molar-refractivity contribution in [1.29, 1.82) is 0 Å². The van der Waals surface area contributed by atoms with E-state index < -0.39 is 0 Å². The van der Waals surface area contributed by atoms with Crippen molar-refractivity contribution in [2.45, 2.75) is 52.5 Å². The van der Waals surface area contributed by atoms with E-state index in [9.17, 15) is 0 Å². The molecule has 2 N–H and O–H groups in total. The highest BCUT2D eigenvalue weighted by molar-refractivity contribution is 4.95. The highest BCUT2D eigenvalue weighted by atomic mass is 15.2. The molecule has 0 saturated carbocycles. The summed E-state index contributed by atoms with van der Waals surface area (Å²) in [7, 11) is 0. The molecule has 1 unspecified atom stereocenters. The zero-order valence-corrected chi connectivity index (χ0v) is 10.1. The first-order valence-corrected chi connectivity index (χ1v) is 6.15. The largest absolute Gasteiger partial charge is 0.330 e. The summed E-state index contributed by atoms with van der Waals surface area (Å²) >= 11 is 0. The molecule has 0 aliphatic carbocycles. The van der Waals surface area contributed by atoms with E-state index in [1.165, 1.54) is 38.8 Å². The van der Waals surface area contributed by atoms with Crippen molar-refractivity contribution in [3.63, 3.8) is 0 Å². The molecule has 14 heavy (non-hydrogen) atoms. The Labute approximate surface area is 88.8 Å². The molecule has 0 aromatic rings. The van der Waals surface area contributed by atoms with Crippen LogP contribution in [0.4, 0.5) is 0 Å². The van der Waals surface area contributed by atoms with E-state index in [0.717, 1.165) is 12.6 Å². The third-order valence-electron chi connectivity index (χ3n) is 4.06. The van der Waals surface area contributed by atoms with Gasteiger partial charge in [0.2, 0.25) is 0 Å². The van der Waals surface area contributed by atoms with Crippen LogP contribution in [0.2, 0.25) is 0 Å². The Kier molecular flexibility index (Phi) is 4.39. The normalized spacial score (nSPS) is 23.1. The maximum Gasteiger partial charge on any atom is 0.0105 e. The third kappa shape index (κ3) is 2.29. The molecule has 2 heteroatoms. The average Bonchev–Trinajstić information content (AvgIpc) is 2.16. The first kappa shape index (κ1) is 12.0. The van der Waals surface area contributed by atoms with E-state index >= 15 is 0 Å². The minimum Gasteiger partial charge on any atom is -0.330 e. The van der Waals surface area contributed by atoms with Crippen LogP contribution >= 0.6 is 0 Å². The molecule has 0 radical (unpaired) electrons. The fourth-order valence-corrected chi connectivity index (χ4v) is 2.61. The van der Waals surface area contributed by atoms with Crippen molar-refractivity contribution in [1.82, 2.24) is 4.90 Å². The van der Waals surface area contributed by atoms with E-state index in [0.29, 0.717) is 5.41 Å². The molecular weight excluding hydrogens is 172 g/mol. The van der Waals surface area contributed by atoms with Crippen LogP contribution < -0.4 is 5.73 Å². The van der Waals surface area contributed by atoms with Crippen molar-refractivity contribution in [2.24, 2.45) is 11.1 Å². The van der Waals surface area contributed by atoms with Gasteiger partial charge in [0.05, 0.1) is 0 Å². The fraction of sp³-hybridized carbons (Fsp3) is 1.00. The molecule has 1 saturated heterocycles. The lowest BCUT2D eigenvalue weighted by Gasteiger charge is -2.53. The number of hydrogen-bond donors (Lipinski definition) is 1. The van der Waals surface area contributed by atoms with Gasteiger partial charge in [0.1, 0.15) is 0 Å². The molecule has 0 aromatic heterocycles. The van der Waals surface area contributed by atoms with Crippen LogP contribution in [0, 0.1) is 5.41 Å². The SMILES string of the molecule is CCC(CCN)N1CC(CC)(CC)C1. The van der Waals surface area contributed by atoms with Gasteiger partial charge < -0.3 is 5.73 Å². The molecule has 1 heterocycles. The highest BCUT2D eigenvalue weighted by Gasteiger charge is 2.41. The lowest BCUT2D eigenvalue weighted by molar-refractivity contribution is -0.0393. The van der Waals surface area contributed by atoms with Gasteiger partial charge in [-0.15, -0.1) is 0 Å². The fourth-order valence-electron chi connectivity index (χ4n) is 2.61. The Bertz CT molecular complexity index is 156. The Hall–Kier alpha value is -0.0800. The average molecular weight is 198 g/mol. The molecule has 1 aliphatic rings. The van der Waals surface area contributed by atoms with Gasteiger partial charge in [-0.05, 0) is 37.6 Å². The molecule has 1 atom stereocenters. The number of nitrogens with two attached hydrogens (primary N) is 1. The van der Waals surface area contributed by atoms with E-state index in [1.54, 1.807) is 0 Å². The molecule has 0 aromatic carbocycles. The number of rotatable bonds is 6. The first-order chi connectivity index (χ1) is 6.71. The van der Waals surface area contributed by atoms with Gasteiger partial charge in [0.15, 0.2) is 0 Å². The topological polar surface area (TPSA) is 29.3 Å². The maximum atomic E-state index is 5.63. The second-order valence-corrected chi connectivity index (χ2v) is 4.75. The van der Waals surface area contributed by atoms with Crippen molar-refractivity contribution in [3.05, 3.63) is 0 Å². The lowest BCUT2D eigenvalue weighted by atomic mass is 9.74. The van der Waals surface area contributed by atoms with Crippen LogP contribution in [0.3, 0.4) is 0 Å². The van der Waals surface area contributed by atoms with Gasteiger partial charge in [-0.25, -0.2) is 0 Å². The first-order valence-electron chi connectivity index (χ1n) is 6.15. The van der Waals surface area contributed by atoms with Crippen LogP contribution in [0.25, 0.3) is 0 Å². The molecule has 1 aliphatic heterocycles. The number of nitrogens with zero attached hydrogens (tertiary/aromatic N) is 1. The van der Waals surface area contributed by atoms with Crippen molar-refractivity contribution >= 4 is 0 Å². The Balaban J connectivity index is 2.37. The van der Waals surface area contributed by atoms with Gasteiger partial charge in [0.25, 0.3) is 0 Å². The van der Waals surface area contributed by atoms with Crippen LogP contribution in [0.1, 0.15) is 46.5 Å². The Morgan fingerprint density at radius 1 is 1.21 bits per heavy atom. The zero-order chi connectivity index (χ0) is 10.6. The summed E-state index contributed by atoms with van der Waals surface area (Å²) in [6, 6.07) is 0.742. The van der Waals surface area contributed by atoms with Crippen LogP contribution in [-0.4, -0.2) is 30.6 Å². The molecular formula is C12H26N2. The number of hydrogen-bond acceptors (Lipinski definition) is 2. The van der Waals surface area contributed by atoms with Crippen molar-refractivity contribution in [2.75, 3.05) is 19.6 Å². The minimum absolute atomic E-state index is 0.641. The molecule has 0 spiro atoms. The quantitative estimate of drug-likeness (QED) is 0.709. The monoisotopic (exact) mass is 198 g/mol. The van der Waals surface area contributed by atoms with Gasteiger partial charge in [-0.3, -0.25) is 4.90 Å². The molecule has 84 valence electrons. The molecule has 0 amide bonds. The maximum absolute atomic E-state index is 5.63. The predicted octanol–water partition coefficient (Wildman–Crippen LogP) is 2.24. The standard InChI is InChI=1S/C12H26N2/c1-4-11(7-8-13)14-9-12(5-2,6-3)10-14/h11H,4-10,13H2,1-3H3. The molecule has 0 bridgehead atoms. The summed E-state index contributed by atoms with van der Waals surface area (Å²) in [5, 5.41) is 0. The van der Waals surface area contributed by atoms with Crippen molar-refractivity contribution in [3.8, 4) is 0 Å². The van der Waals surface area contributed by atoms with Gasteiger partial charge in [-0.1, -0.05) is 20.8 Å². The third-order valence-corrected chi connectivity index (χ3v) is 4.06. The van der Waals surface area contributed by atoms with Gasteiger partial charge >= 0.3 is 0 Å². The van der Waals surface area contributed by atoms with E-state index in [2.05, 4.69) is 25.7 Å². The predicted molar refractivity (Wildman–Crippen MR) is 62.3 cm³/mol. The van der Waals surface area contributed by atoms with Crippen LogP contribution in [-0.2, 0) is 0 Å². The zero-order valence-electron chi connectivity index (χ0n) is 10.1. The van der Waals surface area contributed by atoms with Gasteiger partial charge in [0, 0.05) is 19.1 Å². The van der Waals surface area contributed by atoms with E-state index in [4.69, 9.17) is 5.73 Å². The molecule has 1 fully saturated rings. The summed E-state index contributed by atoms with van der Waals surface area (Å²) in [5.74, 6) is 0. The second-order valence-electron chi connectivity index (χ2n) is 4.75. The lowest BCUT2D eigenvalue weighted by Crippen LogP contribution is -2.59. The van der Waals surface area contributed by atoms with E-state index in [-0.39, 0.29) is 0 Å². The smallest absolute Gasteiger partial charge is 0.0105 e. The van der Waals surface area contributed by atoms with Crippen LogP contribution in [0.15, 0.2) is 0 Å². The molecule has 2 nitrogen and oxygen atoms in total. The summed E-state index contributed by atoms with van der Waals surface area (Å²) < 4.78 is 0. The summed E-state index contributed by atoms with van der Waals surface area (Å²) in [5.41, 5.74) is 6.27. The van der Waals surface area contributed by atoms with Crippen LogP contribution in [0.5, 0.6) is 0 Å². The summed E-state index contributed by atoms with van der Waals surface area (Å²) in [6.07, 6.45) is 5.08. The Morgan fingerprint density at radius 3 is 2.14 bits per heavy atom. The van der Waals surface area contributed by atoms with Crippen molar-refractivity contribution < 1.29 is 0 Å². The Morgan fingerprint density at radius 2 is 1.79 bits per heavy atom. The second kappa shape index (κ2) is 5.13. The number of likely N-dealkylation sites (tertiary alicyclic amines) is 1. The van der Waals surface area contributed by atoms with Gasteiger partial charge in [-0.2, -0.15) is 0 Å². The van der Waals surface area contributed by atoms with E-state index in [1.807, 2.05) is 0 Å².